The van der Waals surface area contributed by atoms with Crippen molar-refractivity contribution >= 4 is 77.7 Å². The van der Waals surface area contributed by atoms with Gasteiger partial charge in [-0.15, -0.1) is 0 Å². The van der Waals surface area contributed by atoms with E-state index in [0.717, 1.165) is 0 Å². The topological polar surface area (TPSA) is 497 Å². The van der Waals surface area contributed by atoms with E-state index in [1.165, 1.54) is 50.6 Å². The molecule has 2 heterocycles. The normalized spacial score (nSPS) is 18.8. The maximum Gasteiger partial charge on any atom is 0.245 e. The number of hydrogen-bond acceptors (Lipinski definition) is 19. The number of thiol groups is 1. The summed E-state index contributed by atoms with van der Waals surface area (Å²) in [7, 11) is 0. The van der Waals surface area contributed by atoms with E-state index in [9.17, 15) is 68.4 Å². The first-order chi connectivity index (χ1) is 40.8. The highest BCUT2D eigenvalue weighted by atomic mass is 32.1. The lowest BCUT2D eigenvalue weighted by Crippen LogP contribution is -2.65. The number of phenols is 1. The first-order valence-electron chi connectivity index (χ1n) is 27.4. The van der Waals surface area contributed by atoms with Gasteiger partial charge in [-0.05, 0) is 55.4 Å². The Labute approximate surface area is 500 Å². The smallest absolute Gasteiger partial charge is 0.245 e. The van der Waals surface area contributed by atoms with Gasteiger partial charge in [-0.3, -0.25) is 52.9 Å². The largest absolute Gasteiger partial charge is 0.508 e. The van der Waals surface area contributed by atoms with E-state index in [0.29, 0.717) is 16.8 Å². The fraction of sp³-hybridized carbons (Fsp3) is 0.519. The number of imidazole rings is 1. The molecule has 10 amide bonds. The average molecular weight is 1230 g/mol. The third-order valence-electron chi connectivity index (χ3n) is 13.1. The van der Waals surface area contributed by atoms with E-state index < -0.39 is 152 Å². The van der Waals surface area contributed by atoms with Crippen LogP contribution in [0.25, 0.3) is 0 Å². The van der Waals surface area contributed by atoms with Gasteiger partial charge in [0.1, 0.15) is 72.4 Å². The molecule has 1 saturated heterocycles. The molecule has 0 saturated carbocycles. The van der Waals surface area contributed by atoms with Crippen molar-refractivity contribution in [1.82, 2.24) is 57.8 Å². The number of phenolic OH excluding ortho intramolecular Hbond substituents is 1. The Morgan fingerprint density at radius 3 is 1.91 bits per heavy atom. The number of aromatic hydroxyl groups is 1. The van der Waals surface area contributed by atoms with Gasteiger partial charge < -0.3 is 99.9 Å². The summed E-state index contributed by atoms with van der Waals surface area (Å²) in [6.07, 6.45) is -4.18. The van der Waals surface area contributed by atoms with Crippen molar-refractivity contribution in [2.24, 2.45) is 28.1 Å². The first kappa shape index (κ1) is 70.1. The molecule has 1 aliphatic rings. The van der Waals surface area contributed by atoms with E-state index in [1.54, 1.807) is 30.3 Å². The van der Waals surface area contributed by atoms with Gasteiger partial charge in [0, 0.05) is 44.6 Å². The zero-order valence-corrected chi connectivity index (χ0v) is 48.8. The molecule has 31 nitrogen and oxygen atoms in total. The summed E-state index contributed by atoms with van der Waals surface area (Å²) in [5.41, 5.74) is 18.1. The number of aliphatic hydroxyl groups is 3. The minimum Gasteiger partial charge on any atom is -0.508 e. The summed E-state index contributed by atoms with van der Waals surface area (Å²) >= 11 is 3.92. The van der Waals surface area contributed by atoms with Gasteiger partial charge in [0.2, 0.25) is 59.1 Å². The second-order valence-corrected chi connectivity index (χ2v) is 21.0. The number of benzene rings is 2. The Kier molecular flexibility index (Phi) is 28.6. The molecule has 0 radical (unpaired) electrons. The standard InChI is InChI=1S/C54H79N15O16S/c1-27(2)17-36(63-29(4)71)50(81)68-37(19-31-12-14-33(72)15-13-31)51(82)65-34(11-8-16-59-54(56)57)49(80)62-28(3)47(78)67-38(20-32-21-58-26-61-32)48(79)60-22-41(73)64-39(52(83)66-35(46(55)77)18-30-9-6-5-7-10-30)24-84-53-43(69-42(74)25-86)45(76)44(75)40(23-70)85-53/h5-7,9-10,12-15,21,26-28,34-40,43-45,53,70,72,75-76,86H,8,11,16-20,22-25H2,1-4H3,(H2,55,77)(H,58,61)(H,60,79)(H,62,80)(H,63,71)(H,64,73)(H,65,82)(H,66,83)(H,67,78)(H,68,81)(H,69,74)(H4,56,57,59)/t28-,34-,35-,36-,37-,38-,39-,40+,43+,44+,45+,53+/m0/s1. The van der Waals surface area contributed by atoms with Gasteiger partial charge in [-0.25, -0.2) is 4.98 Å². The van der Waals surface area contributed by atoms with E-state index in [2.05, 4.69) is 75.4 Å². The minimum absolute atomic E-state index is 0.0180. The maximum atomic E-state index is 14.2. The van der Waals surface area contributed by atoms with Gasteiger partial charge in [0.25, 0.3) is 0 Å². The predicted molar refractivity (Wildman–Crippen MR) is 310 cm³/mol. The molecule has 1 fully saturated rings. The third-order valence-corrected chi connectivity index (χ3v) is 13.4. The highest BCUT2D eigenvalue weighted by molar-refractivity contribution is 7.81. The molecule has 3 aromatic rings. The van der Waals surface area contributed by atoms with Crippen LogP contribution in [-0.2, 0) is 76.7 Å². The number of nitrogens with one attached hydrogen (secondary N) is 10. The Morgan fingerprint density at radius 2 is 1.30 bits per heavy atom. The molecule has 86 heavy (non-hydrogen) atoms. The predicted octanol–water partition coefficient (Wildman–Crippen LogP) is -5.85. The molecule has 1 aliphatic heterocycles. The number of rotatable bonds is 34. The number of aliphatic imine (C=N–C) groups is 1. The lowest BCUT2D eigenvalue weighted by atomic mass is 9.97. The van der Waals surface area contributed by atoms with Crippen molar-refractivity contribution in [2.75, 3.05) is 32.1 Å². The zero-order valence-electron chi connectivity index (χ0n) is 47.9. The highest BCUT2D eigenvalue weighted by Gasteiger charge is 2.46. The van der Waals surface area contributed by atoms with Crippen LogP contribution < -0.4 is 65.1 Å². The third kappa shape index (κ3) is 23.6. The fourth-order valence-corrected chi connectivity index (χ4v) is 8.80. The van der Waals surface area contributed by atoms with Crippen molar-refractivity contribution in [2.45, 2.75) is 139 Å². The molecule has 472 valence electrons. The molecule has 1 aromatic heterocycles. The number of ether oxygens (including phenoxy) is 2. The molecule has 4 rings (SSSR count). The van der Waals surface area contributed by atoms with Crippen molar-refractivity contribution in [3.63, 3.8) is 0 Å². The van der Waals surface area contributed by atoms with E-state index in [4.69, 9.17) is 26.7 Å². The lowest BCUT2D eigenvalue weighted by molar-refractivity contribution is -0.270. The van der Waals surface area contributed by atoms with E-state index in [-0.39, 0.29) is 68.4 Å². The van der Waals surface area contributed by atoms with Crippen LogP contribution in [0.1, 0.15) is 63.8 Å². The highest BCUT2D eigenvalue weighted by Crippen LogP contribution is 2.23. The summed E-state index contributed by atoms with van der Waals surface area (Å²) in [5, 5.41) is 63.8. The Hall–Kier alpha value is -8.43. The molecular weight excluding hydrogens is 1150 g/mol. The summed E-state index contributed by atoms with van der Waals surface area (Å²) in [4.78, 5) is 145. The number of carbonyl (C=O) groups is 10. The average Bonchev–Trinajstić information content (AvgIpc) is 4.13. The van der Waals surface area contributed by atoms with Crippen LogP contribution in [0.15, 0.2) is 72.1 Å². The fourth-order valence-electron chi connectivity index (χ4n) is 8.71. The van der Waals surface area contributed by atoms with Crippen molar-refractivity contribution in [1.29, 1.82) is 0 Å². The van der Waals surface area contributed by atoms with Crippen LogP contribution in [-0.4, -0.2) is 200 Å². The van der Waals surface area contributed by atoms with Gasteiger partial charge in [-0.1, -0.05) is 56.3 Å². The zero-order chi connectivity index (χ0) is 63.6. The molecule has 0 unspecified atom stereocenters. The first-order valence-corrected chi connectivity index (χ1v) is 28.1. The number of aliphatic hydroxyl groups excluding tert-OH is 3. The number of hydrogen-bond donors (Lipinski definition) is 18. The van der Waals surface area contributed by atoms with Crippen molar-refractivity contribution in [3.8, 4) is 5.75 Å². The Bertz CT molecular complexity index is 2780. The Morgan fingerprint density at radius 1 is 0.709 bits per heavy atom. The van der Waals surface area contributed by atoms with Crippen LogP contribution in [0.3, 0.4) is 0 Å². The van der Waals surface area contributed by atoms with Crippen LogP contribution in [0.5, 0.6) is 5.75 Å². The second-order valence-electron chi connectivity index (χ2n) is 20.7. The molecule has 12 atom stereocenters. The minimum atomic E-state index is -1.78. The van der Waals surface area contributed by atoms with E-state index in [1.807, 2.05) is 13.8 Å². The molecule has 20 N–H and O–H groups in total. The molecule has 0 bridgehead atoms. The van der Waals surface area contributed by atoms with Crippen molar-refractivity contribution < 1.29 is 77.8 Å². The van der Waals surface area contributed by atoms with Gasteiger partial charge in [-0.2, -0.15) is 12.6 Å². The van der Waals surface area contributed by atoms with Crippen LogP contribution in [0, 0.1) is 5.92 Å². The number of H-pyrrole nitrogens is 1. The maximum absolute atomic E-state index is 14.2. The van der Waals surface area contributed by atoms with Crippen molar-refractivity contribution in [3.05, 3.63) is 83.9 Å². The number of primary amides is 1. The van der Waals surface area contributed by atoms with E-state index >= 15 is 0 Å². The monoisotopic (exact) mass is 1230 g/mol. The summed E-state index contributed by atoms with van der Waals surface area (Å²) in [6.45, 7) is 3.71. The summed E-state index contributed by atoms with van der Waals surface area (Å²) in [6, 6.07) is 2.98. The number of carbonyl (C=O) groups excluding carboxylic acids is 10. The number of aromatic amines is 1. The SMILES string of the molecule is CC(=O)N[C@@H](CC(C)C)C(=O)N[C@@H](Cc1ccc(O)cc1)C(=O)N[C@@H](CCCN=C(N)N)C(=O)N[C@@H](C)C(=O)N[C@@H](Cc1cnc[nH]1)C(=O)NCC(=O)N[C@@H](CO[C@@H]1O[C@H](CO)[C@@H](O)[C@H](O)[C@H]1NC(=O)CS)C(=O)N[C@@H](Cc1ccccc1)C(N)=O. The van der Waals surface area contributed by atoms with Crippen LogP contribution >= 0.6 is 12.6 Å². The van der Waals surface area contributed by atoms with Gasteiger partial charge >= 0.3 is 0 Å². The second kappa shape index (κ2) is 35.1. The molecular formula is C54H79N15O16S. The van der Waals surface area contributed by atoms with Gasteiger partial charge in [0.05, 0.1) is 31.8 Å². The number of aromatic nitrogens is 2. The molecule has 2 aromatic carbocycles. The van der Waals surface area contributed by atoms with Gasteiger partial charge in [0.15, 0.2) is 12.2 Å². The number of nitrogens with two attached hydrogens (primary N) is 3. The summed E-state index contributed by atoms with van der Waals surface area (Å²) in [5.74, 6) is -9.28. The molecule has 0 spiro atoms. The Balaban J connectivity index is 1.54. The number of amides is 10. The molecule has 32 heteroatoms. The molecule has 0 aliphatic carbocycles. The summed E-state index contributed by atoms with van der Waals surface area (Å²) < 4.78 is 11.4. The number of nitrogens with zero attached hydrogens (tertiary/aromatic N) is 2. The van der Waals surface area contributed by atoms with Crippen LogP contribution in [0.2, 0.25) is 0 Å². The quantitative estimate of drug-likeness (QED) is 0.0115. The number of guanidine groups is 1. The lowest BCUT2D eigenvalue weighted by Gasteiger charge is -2.42. The van der Waals surface area contributed by atoms with Crippen LogP contribution in [0.4, 0.5) is 0 Å².